The standard InChI is InChI=1S/C33H43FN8O5S/c1-20-9-11-21(12-10-20)26-27-30(35)38-19-39-31(27)42(29(26)23(43)17-34)15-6-16-47-33(46)37-14-5-4-13-36-25(44)8-3-2-7-24-28-22(18-48-24)40-32(45)41-28/h9-12,19,22,24,28H,2-8,13-18H2,1H3,(H,36,44)(H,37,46)(H2,35,38,39)(H2,40,41,45)/t22-,24-,28-/m0/s1. The van der Waals surface area contributed by atoms with Gasteiger partial charge in [-0.05, 0) is 44.6 Å². The van der Waals surface area contributed by atoms with Crippen LogP contribution in [0.4, 0.5) is 19.8 Å². The lowest BCUT2D eigenvalue weighted by Crippen LogP contribution is -2.36. The molecule has 5 rings (SSSR count). The lowest BCUT2D eigenvalue weighted by molar-refractivity contribution is -0.121. The summed E-state index contributed by atoms with van der Waals surface area (Å²) in [6.07, 6.45) is 5.65. The van der Waals surface area contributed by atoms with Crippen LogP contribution in [0.2, 0.25) is 0 Å². The van der Waals surface area contributed by atoms with E-state index in [4.69, 9.17) is 10.5 Å². The molecule has 4 heterocycles. The number of ketones is 1. The molecule has 0 radical (unpaired) electrons. The summed E-state index contributed by atoms with van der Waals surface area (Å²) in [5.41, 5.74) is 8.99. The van der Waals surface area contributed by atoms with Crippen LogP contribution in [0.1, 0.15) is 61.0 Å². The van der Waals surface area contributed by atoms with Crippen LogP contribution in [0, 0.1) is 6.92 Å². The van der Waals surface area contributed by atoms with Gasteiger partial charge in [-0.2, -0.15) is 11.8 Å². The quantitative estimate of drug-likeness (QED) is 0.0802. The molecule has 3 aromatic rings. The highest BCUT2D eigenvalue weighted by Gasteiger charge is 2.42. The summed E-state index contributed by atoms with van der Waals surface area (Å²) >= 11 is 1.88. The molecule has 2 aromatic heterocycles. The number of nitrogens with one attached hydrogen (secondary N) is 4. The Hall–Kier alpha value is -4.40. The zero-order valence-electron chi connectivity index (χ0n) is 27.1. The molecule has 0 aliphatic carbocycles. The highest BCUT2D eigenvalue weighted by Crippen LogP contribution is 2.37. The van der Waals surface area contributed by atoms with Gasteiger partial charge in [0, 0.05) is 42.6 Å². The third kappa shape index (κ3) is 8.54. The molecule has 2 saturated heterocycles. The number of carbonyl (C=O) groups excluding carboxylic acids is 4. The number of fused-ring (bicyclic) bond motifs is 2. The first kappa shape index (κ1) is 34.9. The number of hydrogen-bond acceptors (Lipinski definition) is 9. The van der Waals surface area contributed by atoms with E-state index in [0.29, 0.717) is 66.2 Å². The van der Waals surface area contributed by atoms with E-state index in [9.17, 15) is 23.6 Å². The van der Waals surface area contributed by atoms with Crippen molar-refractivity contribution < 1.29 is 28.3 Å². The average molecular weight is 683 g/mol. The maximum atomic E-state index is 13.8. The van der Waals surface area contributed by atoms with Crippen molar-refractivity contribution in [2.75, 3.05) is 37.9 Å². The summed E-state index contributed by atoms with van der Waals surface area (Å²) < 4.78 is 20.7. The SMILES string of the molecule is Cc1ccc(-c2c(C(=O)CF)n(CCCOC(=O)NCCCCNC(=O)CCCC[C@@H]3SC[C@@H]4NC(=O)N[C@@H]43)c3ncnc(N)c23)cc1. The van der Waals surface area contributed by atoms with Gasteiger partial charge in [-0.3, -0.25) is 9.59 Å². The van der Waals surface area contributed by atoms with Gasteiger partial charge in [-0.15, -0.1) is 0 Å². The van der Waals surface area contributed by atoms with Crippen LogP contribution in [-0.4, -0.2) is 87.8 Å². The minimum atomic E-state index is -1.19. The molecule has 15 heteroatoms. The molecule has 48 heavy (non-hydrogen) atoms. The number of nitrogen functional groups attached to an aromatic ring is 1. The highest BCUT2D eigenvalue weighted by atomic mass is 32.2. The fourth-order valence-electron chi connectivity index (χ4n) is 6.23. The van der Waals surface area contributed by atoms with Crippen molar-refractivity contribution in [1.82, 2.24) is 35.8 Å². The van der Waals surface area contributed by atoms with E-state index in [-0.39, 0.29) is 48.7 Å². The van der Waals surface area contributed by atoms with E-state index < -0.39 is 18.6 Å². The Morgan fingerprint density at radius 1 is 1.06 bits per heavy atom. The van der Waals surface area contributed by atoms with Crippen molar-refractivity contribution in [1.29, 1.82) is 0 Å². The smallest absolute Gasteiger partial charge is 0.407 e. The Bertz CT molecular complexity index is 1620. The van der Waals surface area contributed by atoms with Crippen molar-refractivity contribution in [3.8, 4) is 11.1 Å². The second-order valence-corrected chi connectivity index (χ2v) is 13.4. The van der Waals surface area contributed by atoms with Crippen LogP contribution in [0.5, 0.6) is 0 Å². The van der Waals surface area contributed by atoms with E-state index in [1.54, 1.807) is 4.57 Å². The number of amides is 4. The zero-order valence-corrected chi connectivity index (χ0v) is 27.9. The number of anilines is 1. The van der Waals surface area contributed by atoms with E-state index in [1.807, 2.05) is 43.0 Å². The molecule has 2 aliphatic rings. The van der Waals surface area contributed by atoms with Gasteiger partial charge in [0.25, 0.3) is 0 Å². The topological polar surface area (TPSA) is 182 Å². The number of alkyl carbamates (subject to hydrolysis) is 1. The molecule has 6 N–H and O–H groups in total. The number of benzene rings is 1. The molecule has 0 bridgehead atoms. The molecule has 0 spiro atoms. The number of Topliss-reactive ketones (excluding diaryl/α,β-unsaturated/α-hetero) is 1. The van der Waals surface area contributed by atoms with Gasteiger partial charge in [-0.1, -0.05) is 36.2 Å². The third-order valence-electron chi connectivity index (χ3n) is 8.63. The summed E-state index contributed by atoms with van der Waals surface area (Å²) in [5.74, 6) is 0.433. The Labute approximate surface area is 282 Å². The molecule has 3 atom stereocenters. The second-order valence-electron chi connectivity index (χ2n) is 12.1. The zero-order chi connectivity index (χ0) is 34.0. The van der Waals surface area contributed by atoms with Gasteiger partial charge in [0.2, 0.25) is 11.7 Å². The molecule has 1 aromatic carbocycles. The van der Waals surface area contributed by atoms with Crippen molar-refractivity contribution in [3.63, 3.8) is 0 Å². The molecule has 2 fully saturated rings. The van der Waals surface area contributed by atoms with Crippen molar-refractivity contribution in [2.45, 2.75) is 75.7 Å². The molecule has 4 amide bonds. The maximum Gasteiger partial charge on any atom is 0.407 e. The first-order chi connectivity index (χ1) is 23.3. The van der Waals surface area contributed by atoms with Crippen LogP contribution >= 0.6 is 11.8 Å². The fourth-order valence-corrected chi connectivity index (χ4v) is 7.78. The average Bonchev–Trinajstić information content (AvgIpc) is 3.74. The molecule has 2 aliphatic heterocycles. The number of aromatic nitrogens is 3. The number of alkyl halides is 1. The van der Waals surface area contributed by atoms with E-state index >= 15 is 0 Å². The van der Waals surface area contributed by atoms with E-state index in [0.717, 1.165) is 30.6 Å². The Morgan fingerprint density at radius 3 is 2.60 bits per heavy atom. The van der Waals surface area contributed by atoms with Crippen LogP contribution in [-0.2, 0) is 16.1 Å². The fraction of sp³-hybridized carbons (Fsp3) is 0.515. The second kappa shape index (κ2) is 16.6. The first-order valence-electron chi connectivity index (χ1n) is 16.4. The molecule has 0 unspecified atom stereocenters. The van der Waals surface area contributed by atoms with Gasteiger partial charge in [-0.25, -0.2) is 23.9 Å². The minimum Gasteiger partial charge on any atom is -0.449 e. The summed E-state index contributed by atoms with van der Waals surface area (Å²) in [6, 6.07) is 7.82. The van der Waals surface area contributed by atoms with Gasteiger partial charge in [0.15, 0.2) is 6.67 Å². The number of thioether (sulfide) groups is 1. The number of nitrogens with two attached hydrogens (primary N) is 1. The number of aryl methyl sites for hydroxylation is 2. The predicted octanol–water partition coefficient (Wildman–Crippen LogP) is 3.88. The minimum absolute atomic E-state index is 0.0159. The van der Waals surface area contributed by atoms with Crippen molar-refractivity contribution >= 4 is 52.4 Å². The summed E-state index contributed by atoms with van der Waals surface area (Å²) in [7, 11) is 0. The summed E-state index contributed by atoms with van der Waals surface area (Å²) in [5, 5.41) is 12.4. The summed E-state index contributed by atoms with van der Waals surface area (Å²) in [6.45, 7) is 1.99. The molecular weight excluding hydrogens is 639 g/mol. The van der Waals surface area contributed by atoms with Crippen LogP contribution in [0.25, 0.3) is 22.2 Å². The normalized spacial score (nSPS) is 18.3. The lowest BCUT2D eigenvalue weighted by Gasteiger charge is -2.16. The van der Waals surface area contributed by atoms with Crippen LogP contribution in [0.3, 0.4) is 0 Å². The van der Waals surface area contributed by atoms with E-state index in [1.165, 1.54) is 6.33 Å². The Kier molecular flexibility index (Phi) is 12.1. The van der Waals surface area contributed by atoms with E-state index in [2.05, 4.69) is 31.2 Å². The van der Waals surface area contributed by atoms with Crippen LogP contribution < -0.4 is 27.0 Å². The van der Waals surface area contributed by atoms with Gasteiger partial charge in [0.05, 0.1) is 29.8 Å². The molecular formula is C33H43FN8O5S. The lowest BCUT2D eigenvalue weighted by atomic mass is 10.00. The van der Waals surface area contributed by atoms with Gasteiger partial charge < -0.3 is 36.3 Å². The van der Waals surface area contributed by atoms with Crippen molar-refractivity contribution in [3.05, 3.63) is 41.9 Å². The number of rotatable bonds is 17. The number of unbranched alkanes of at least 4 members (excludes halogenated alkanes) is 2. The number of nitrogens with zero attached hydrogens (tertiary/aromatic N) is 3. The van der Waals surface area contributed by atoms with Gasteiger partial charge >= 0.3 is 12.1 Å². The van der Waals surface area contributed by atoms with Crippen LogP contribution in [0.15, 0.2) is 30.6 Å². The number of urea groups is 1. The monoisotopic (exact) mass is 682 g/mol. The number of halogens is 1. The number of hydrogen-bond donors (Lipinski definition) is 5. The first-order valence-corrected chi connectivity index (χ1v) is 17.5. The van der Waals surface area contributed by atoms with Crippen molar-refractivity contribution in [2.24, 2.45) is 0 Å². The summed E-state index contributed by atoms with van der Waals surface area (Å²) in [4.78, 5) is 57.2. The number of ether oxygens (including phenoxy) is 1. The third-order valence-corrected chi connectivity index (χ3v) is 10.1. The Balaban J connectivity index is 0.987. The molecule has 13 nitrogen and oxygen atoms in total. The number of carbonyl (C=O) groups is 4. The maximum absolute atomic E-state index is 13.8. The molecule has 0 saturated carbocycles. The highest BCUT2D eigenvalue weighted by molar-refractivity contribution is 8.00. The molecule has 258 valence electrons. The van der Waals surface area contributed by atoms with Gasteiger partial charge in [0.1, 0.15) is 17.8 Å². The predicted molar refractivity (Wildman–Crippen MR) is 183 cm³/mol. The largest absolute Gasteiger partial charge is 0.449 e. The Morgan fingerprint density at radius 2 is 1.83 bits per heavy atom.